The Kier molecular flexibility index (Phi) is 8.55. The van der Waals surface area contributed by atoms with E-state index in [0.717, 1.165) is 60.9 Å². The molecule has 0 unspecified atom stereocenters. The Morgan fingerprint density at radius 2 is 1.89 bits per heavy atom. The summed E-state index contributed by atoms with van der Waals surface area (Å²) in [6.07, 6.45) is 2.16. The van der Waals surface area contributed by atoms with Crippen LogP contribution in [0.25, 0.3) is 0 Å². The summed E-state index contributed by atoms with van der Waals surface area (Å²) in [6, 6.07) is 18.3. The highest BCUT2D eigenvalue weighted by molar-refractivity contribution is 5.94. The van der Waals surface area contributed by atoms with Gasteiger partial charge in [-0.25, -0.2) is 0 Å². The van der Waals surface area contributed by atoms with Crippen molar-refractivity contribution in [1.82, 2.24) is 20.0 Å². The molecule has 2 heterocycles. The summed E-state index contributed by atoms with van der Waals surface area (Å²) in [5, 5.41) is 7.54. The third-order valence-corrected chi connectivity index (χ3v) is 6.50. The van der Waals surface area contributed by atoms with Crippen LogP contribution in [0.3, 0.4) is 0 Å². The van der Waals surface area contributed by atoms with Gasteiger partial charge in [0, 0.05) is 43.6 Å². The molecule has 0 saturated carbocycles. The first-order valence-corrected chi connectivity index (χ1v) is 12.4. The van der Waals surface area contributed by atoms with E-state index in [-0.39, 0.29) is 5.91 Å². The van der Waals surface area contributed by atoms with Crippen molar-refractivity contribution in [3.05, 3.63) is 82.7 Å². The maximum atomic E-state index is 12.8. The smallest absolute Gasteiger partial charge is 0.251 e. The number of likely N-dealkylation sites (N-methyl/N-ethyl adjacent to an activating group) is 1. The summed E-state index contributed by atoms with van der Waals surface area (Å²) >= 11 is 0. The van der Waals surface area contributed by atoms with E-state index in [4.69, 9.17) is 9.47 Å². The summed E-state index contributed by atoms with van der Waals surface area (Å²) in [4.78, 5) is 15.2. The number of hydrogen-bond acceptors (Lipinski definition) is 5. The molecular weight excluding hydrogens is 440 g/mol. The molecule has 7 heteroatoms. The molecule has 0 radical (unpaired) electrons. The van der Waals surface area contributed by atoms with Crippen molar-refractivity contribution in [3.8, 4) is 5.75 Å². The number of nitrogens with zero attached hydrogens (tertiary/aromatic N) is 3. The average Bonchev–Trinajstić information content (AvgIpc) is 3.19. The zero-order valence-electron chi connectivity index (χ0n) is 21.0. The second-order valence-electron chi connectivity index (χ2n) is 9.29. The predicted molar refractivity (Wildman–Crippen MR) is 137 cm³/mol. The molecule has 1 amide bonds. The molecule has 7 nitrogen and oxygen atoms in total. The van der Waals surface area contributed by atoms with Crippen LogP contribution in [0.4, 0.5) is 0 Å². The van der Waals surface area contributed by atoms with E-state index in [1.54, 1.807) is 0 Å². The molecule has 0 bridgehead atoms. The standard InChI is InChI=1S/C28H36N4O3/c1-21-16-22(2)32(30-21)20-24-7-4-8-25(17-24)28(33)29-19-23-6-5-9-27(18-23)35-15-12-31(3)26-10-13-34-14-11-26/h4-9,16-18,26H,10-15,19-20H2,1-3H3,(H,29,33). The number of amides is 1. The Balaban J connectivity index is 1.26. The fourth-order valence-electron chi connectivity index (χ4n) is 4.46. The van der Waals surface area contributed by atoms with Gasteiger partial charge in [-0.2, -0.15) is 5.10 Å². The number of nitrogens with one attached hydrogen (secondary N) is 1. The maximum Gasteiger partial charge on any atom is 0.251 e. The third kappa shape index (κ3) is 7.16. The van der Waals surface area contributed by atoms with Crippen LogP contribution in [0.15, 0.2) is 54.6 Å². The van der Waals surface area contributed by atoms with E-state index < -0.39 is 0 Å². The van der Waals surface area contributed by atoms with Crippen molar-refractivity contribution < 1.29 is 14.3 Å². The number of carbonyl (C=O) groups excluding carboxylic acids is 1. The summed E-state index contributed by atoms with van der Waals surface area (Å²) < 4.78 is 13.4. The molecule has 1 aliphatic rings. The fourth-order valence-corrected chi connectivity index (χ4v) is 4.46. The van der Waals surface area contributed by atoms with E-state index in [0.29, 0.717) is 31.3 Å². The van der Waals surface area contributed by atoms with Crippen molar-refractivity contribution >= 4 is 5.91 Å². The number of rotatable bonds is 10. The molecule has 1 saturated heterocycles. The minimum Gasteiger partial charge on any atom is -0.492 e. The summed E-state index contributed by atoms with van der Waals surface area (Å²) in [7, 11) is 2.15. The molecule has 1 fully saturated rings. The number of benzene rings is 2. The van der Waals surface area contributed by atoms with Crippen LogP contribution >= 0.6 is 0 Å². The molecule has 1 aliphatic heterocycles. The van der Waals surface area contributed by atoms with Crippen molar-refractivity contribution in [3.63, 3.8) is 0 Å². The minimum absolute atomic E-state index is 0.0929. The molecule has 0 spiro atoms. The monoisotopic (exact) mass is 476 g/mol. The zero-order valence-corrected chi connectivity index (χ0v) is 21.0. The highest BCUT2D eigenvalue weighted by atomic mass is 16.5. The summed E-state index contributed by atoms with van der Waals surface area (Å²) in [5.41, 5.74) is 4.80. The molecule has 186 valence electrons. The van der Waals surface area contributed by atoms with Gasteiger partial charge < -0.3 is 14.8 Å². The second kappa shape index (κ2) is 12.0. The van der Waals surface area contributed by atoms with Crippen LogP contribution in [0.5, 0.6) is 5.75 Å². The van der Waals surface area contributed by atoms with Gasteiger partial charge in [-0.05, 0) is 75.2 Å². The highest BCUT2D eigenvalue weighted by Crippen LogP contribution is 2.16. The van der Waals surface area contributed by atoms with Gasteiger partial charge in [0.25, 0.3) is 5.91 Å². The number of aromatic nitrogens is 2. The molecule has 0 aliphatic carbocycles. The Labute approximate surface area is 208 Å². The van der Waals surface area contributed by atoms with Crippen LogP contribution in [-0.2, 0) is 17.8 Å². The number of carbonyl (C=O) groups is 1. The Bertz CT molecular complexity index is 1120. The van der Waals surface area contributed by atoms with Gasteiger partial charge in [-0.15, -0.1) is 0 Å². The van der Waals surface area contributed by atoms with Crippen molar-refractivity contribution in [2.45, 2.75) is 45.8 Å². The fraction of sp³-hybridized carbons (Fsp3) is 0.429. The quantitative estimate of drug-likeness (QED) is 0.480. The Hall–Kier alpha value is -3.16. The zero-order chi connectivity index (χ0) is 24.6. The molecule has 0 atom stereocenters. The van der Waals surface area contributed by atoms with Gasteiger partial charge in [-0.3, -0.25) is 14.4 Å². The van der Waals surface area contributed by atoms with Crippen LogP contribution in [0.2, 0.25) is 0 Å². The lowest BCUT2D eigenvalue weighted by atomic mass is 10.1. The van der Waals surface area contributed by atoms with Crippen LogP contribution < -0.4 is 10.1 Å². The first-order chi connectivity index (χ1) is 17.0. The van der Waals surface area contributed by atoms with Gasteiger partial charge in [0.1, 0.15) is 12.4 Å². The average molecular weight is 477 g/mol. The van der Waals surface area contributed by atoms with Gasteiger partial charge in [0.15, 0.2) is 0 Å². The Morgan fingerprint density at radius 3 is 2.66 bits per heavy atom. The largest absolute Gasteiger partial charge is 0.492 e. The van der Waals surface area contributed by atoms with Crippen LogP contribution in [0, 0.1) is 13.8 Å². The van der Waals surface area contributed by atoms with Gasteiger partial charge in [-0.1, -0.05) is 24.3 Å². The lowest BCUT2D eigenvalue weighted by Gasteiger charge is -2.31. The summed E-state index contributed by atoms with van der Waals surface area (Å²) in [6.45, 7) is 8.31. The first kappa shape index (κ1) is 24.9. The SMILES string of the molecule is Cc1cc(C)n(Cc2cccc(C(=O)NCc3cccc(OCCN(C)C4CCOCC4)c3)c2)n1. The van der Waals surface area contributed by atoms with E-state index in [1.807, 2.05) is 67.1 Å². The van der Waals surface area contributed by atoms with E-state index in [1.165, 1.54) is 0 Å². The lowest BCUT2D eigenvalue weighted by Crippen LogP contribution is -2.38. The lowest BCUT2D eigenvalue weighted by molar-refractivity contribution is 0.0392. The topological polar surface area (TPSA) is 68.6 Å². The molecule has 1 aromatic heterocycles. The number of aryl methyl sites for hydroxylation is 2. The third-order valence-electron chi connectivity index (χ3n) is 6.50. The van der Waals surface area contributed by atoms with E-state index in [2.05, 4.69) is 28.4 Å². The molecule has 35 heavy (non-hydrogen) atoms. The molecule has 2 aromatic carbocycles. The molecular formula is C28H36N4O3. The van der Waals surface area contributed by atoms with Gasteiger partial charge in [0.2, 0.25) is 0 Å². The predicted octanol–water partition coefficient (Wildman–Crippen LogP) is 3.97. The van der Waals surface area contributed by atoms with E-state index in [9.17, 15) is 4.79 Å². The summed E-state index contributed by atoms with van der Waals surface area (Å²) in [5.74, 6) is 0.730. The van der Waals surface area contributed by atoms with Gasteiger partial charge in [0.05, 0.1) is 12.2 Å². The Morgan fingerprint density at radius 1 is 1.11 bits per heavy atom. The first-order valence-electron chi connectivity index (χ1n) is 12.4. The van der Waals surface area contributed by atoms with Crippen molar-refractivity contribution in [1.29, 1.82) is 0 Å². The number of hydrogen-bond donors (Lipinski definition) is 1. The van der Waals surface area contributed by atoms with Crippen molar-refractivity contribution in [2.75, 3.05) is 33.4 Å². The van der Waals surface area contributed by atoms with Crippen LogP contribution in [0.1, 0.15) is 45.7 Å². The second-order valence-corrected chi connectivity index (χ2v) is 9.29. The minimum atomic E-state index is -0.0929. The highest BCUT2D eigenvalue weighted by Gasteiger charge is 2.18. The molecule has 4 rings (SSSR count). The van der Waals surface area contributed by atoms with Crippen molar-refractivity contribution in [2.24, 2.45) is 0 Å². The van der Waals surface area contributed by atoms with E-state index >= 15 is 0 Å². The number of ether oxygens (including phenoxy) is 2. The van der Waals surface area contributed by atoms with Crippen LogP contribution in [-0.4, -0.2) is 60.0 Å². The maximum absolute atomic E-state index is 12.8. The normalized spacial score (nSPS) is 14.3. The molecule has 3 aromatic rings. The molecule has 1 N–H and O–H groups in total. The van der Waals surface area contributed by atoms with Gasteiger partial charge >= 0.3 is 0 Å².